The molecule has 0 bridgehead atoms. The summed E-state index contributed by atoms with van der Waals surface area (Å²) in [6, 6.07) is 7.64. The fourth-order valence-corrected chi connectivity index (χ4v) is 1.96. The van der Waals surface area contributed by atoms with Crippen molar-refractivity contribution in [2.45, 2.75) is 13.0 Å². The van der Waals surface area contributed by atoms with Crippen molar-refractivity contribution in [3.63, 3.8) is 0 Å². The monoisotopic (exact) mass is 218 g/mol. The zero-order valence-corrected chi connectivity index (χ0v) is 9.85. The minimum Gasteiger partial charge on any atom is -0.507 e. The van der Waals surface area contributed by atoms with E-state index in [9.17, 15) is 5.11 Å². The normalized spacial score (nSPS) is 11.4. The van der Waals surface area contributed by atoms with E-state index in [1.807, 2.05) is 24.4 Å². The van der Waals surface area contributed by atoms with Crippen LogP contribution in [-0.2, 0) is 6.54 Å². The summed E-state index contributed by atoms with van der Waals surface area (Å²) in [5.74, 6) is 0.365. The van der Waals surface area contributed by atoms with Gasteiger partial charge in [-0.05, 0) is 45.3 Å². The number of aromatic hydroxyl groups is 1. The van der Waals surface area contributed by atoms with Crippen LogP contribution < -0.4 is 0 Å². The van der Waals surface area contributed by atoms with Gasteiger partial charge in [0.1, 0.15) is 5.75 Å². The van der Waals surface area contributed by atoms with Crippen LogP contribution in [0, 0.1) is 0 Å². The summed E-state index contributed by atoms with van der Waals surface area (Å²) < 4.78 is 2.19. The lowest BCUT2D eigenvalue weighted by Gasteiger charge is -2.10. The molecule has 0 spiro atoms. The number of hydrogen-bond acceptors (Lipinski definition) is 2. The third-order valence-electron chi connectivity index (χ3n) is 2.80. The van der Waals surface area contributed by atoms with Gasteiger partial charge >= 0.3 is 0 Å². The van der Waals surface area contributed by atoms with Crippen molar-refractivity contribution in [3.8, 4) is 5.75 Å². The van der Waals surface area contributed by atoms with E-state index in [1.165, 1.54) is 0 Å². The van der Waals surface area contributed by atoms with E-state index < -0.39 is 0 Å². The molecule has 16 heavy (non-hydrogen) atoms. The van der Waals surface area contributed by atoms with Crippen molar-refractivity contribution in [3.05, 3.63) is 30.5 Å². The van der Waals surface area contributed by atoms with E-state index in [2.05, 4.69) is 23.6 Å². The van der Waals surface area contributed by atoms with Gasteiger partial charge in [-0.25, -0.2) is 0 Å². The quantitative estimate of drug-likeness (QED) is 0.853. The van der Waals surface area contributed by atoms with Gasteiger partial charge in [-0.3, -0.25) is 0 Å². The molecule has 0 aliphatic rings. The lowest BCUT2D eigenvalue weighted by Crippen LogP contribution is -2.14. The highest BCUT2D eigenvalue weighted by molar-refractivity contribution is 5.86. The Morgan fingerprint density at radius 3 is 2.81 bits per heavy atom. The molecule has 0 aliphatic carbocycles. The number of aromatic nitrogens is 1. The summed E-state index contributed by atoms with van der Waals surface area (Å²) in [4.78, 5) is 2.18. The number of fused-ring (bicyclic) bond motifs is 1. The summed E-state index contributed by atoms with van der Waals surface area (Å²) in [5.41, 5.74) is 1.11. The predicted octanol–water partition coefficient (Wildman–Crippen LogP) is 2.30. The fourth-order valence-electron chi connectivity index (χ4n) is 1.96. The Morgan fingerprint density at radius 2 is 2.06 bits per heavy atom. The van der Waals surface area contributed by atoms with Crippen LogP contribution in [0.25, 0.3) is 10.9 Å². The van der Waals surface area contributed by atoms with Crippen LogP contribution in [0.15, 0.2) is 30.5 Å². The summed E-state index contributed by atoms with van der Waals surface area (Å²) in [6.45, 7) is 2.07. The molecule has 3 heteroatoms. The van der Waals surface area contributed by atoms with Gasteiger partial charge in [-0.2, -0.15) is 0 Å². The maximum Gasteiger partial charge on any atom is 0.124 e. The summed E-state index contributed by atoms with van der Waals surface area (Å²) in [5, 5.41) is 10.6. The highest BCUT2D eigenvalue weighted by Gasteiger charge is 2.03. The molecule has 2 aromatic rings. The standard InChI is InChI=1S/C13H18N2O/c1-14(2)8-4-9-15-10-7-11-12(15)5-3-6-13(11)16/h3,5-7,10,16H,4,8-9H2,1-2H3. The molecule has 1 heterocycles. The summed E-state index contributed by atoms with van der Waals surface area (Å²) in [7, 11) is 4.17. The second kappa shape index (κ2) is 4.58. The minimum atomic E-state index is 0.365. The van der Waals surface area contributed by atoms with Gasteiger partial charge in [0.25, 0.3) is 0 Å². The number of aryl methyl sites for hydroxylation is 1. The number of nitrogens with zero attached hydrogens (tertiary/aromatic N) is 2. The van der Waals surface area contributed by atoms with E-state index in [4.69, 9.17) is 0 Å². The number of rotatable bonds is 4. The summed E-state index contributed by atoms with van der Waals surface area (Å²) >= 11 is 0. The molecule has 1 aromatic carbocycles. The molecule has 86 valence electrons. The first kappa shape index (κ1) is 11.0. The van der Waals surface area contributed by atoms with Crippen molar-refractivity contribution in [1.29, 1.82) is 0 Å². The lowest BCUT2D eigenvalue weighted by molar-refractivity contribution is 0.388. The van der Waals surface area contributed by atoms with E-state index in [-0.39, 0.29) is 0 Å². The van der Waals surface area contributed by atoms with E-state index >= 15 is 0 Å². The SMILES string of the molecule is CN(C)CCCn1ccc2c(O)cccc21. The van der Waals surface area contributed by atoms with Crippen molar-refractivity contribution in [1.82, 2.24) is 9.47 Å². The van der Waals surface area contributed by atoms with Crippen LogP contribution in [0.5, 0.6) is 5.75 Å². The predicted molar refractivity (Wildman–Crippen MR) is 66.8 cm³/mol. The molecule has 0 atom stereocenters. The Hall–Kier alpha value is -1.48. The average molecular weight is 218 g/mol. The Balaban J connectivity index is 2.16. The van der Waals surface area contributed by atoms with Gasteiger partial charge in [0.05, 0.1) is 5.52 Å². The smallest absolute Gasteiger partial charge is 0.124 e. The molecule has 1 aromatic heterocycles. The molecule has 0 unspecified atom stereocenters. The largest absolute Gasteiger partial charge is 0.507 e. The Kier molecular flexibility index (Phi) is 3.15. The van der Waals surface area contributed by atoms with Crippen molar-refractivity contribution >= 4 is 10.9 Å². The molecule has 3 nitrogen and oxygen atoms in total. The third kappa shape index (κ3) is 2.19. The number of hydrogen-bond donors (Lipinski definition) is 1. The van der Waals surface area contributed by atoms with Gasteiger partial charge in [0, 0.05) is 18.1 Å². The lowest BCUT2D eigenvalue weighted by atomic mass is 10.2. The minimum absolute atomic E-state index is 0.365. The first-order valence-corrected chi connectivity index (χ1v) is 5.60. The fraction of sp³-hybridized carbons (Fsp3) is 0.385. The number of benzene rings is 1. The van der Waals surface area contributed by atoms with Crippen LogP contribution in [0.1, 0.15) is 6.42 Å². The molecule has 0 saturated heterocycles. The van der Waals surface area contributed by atoms with Gasteiger partial charge in [-0.15, -0.1) is 0 Å². The summed E-state index contributed by atoms with van der Waals surface area (Å²) in [6.07, 6.45) is 3.16. The Morgan fingerprint density at radius 1 is 1.25 bits per heavy atom. The Labute approximate surface area is 95.9 Å². The van der Waals surface area contributed by atoms with E-state index in [0.717, 1.165) is 30.4 Å². The second-order valence-corrected chi connectivity index (χ2v) is 4.38. The van der Waals surface area contributed by atoms with E-state index in [1.54, 1.807) is 6.07 Å². The maximum absolute atomic E-state index is 9.68. The highest BCUT2D eigenvalue weighted by atomic mass is 16.3. The third-order valence-corrected chi connectivity index (χ3v) is 2.80. The first-order valence-electron chi connectivity index (χ1n) is 5.60. The topological polar surface area (TPSA) is 28.4 Å². The van der Waals surface area contributed by atoms with Gasteiger partial charge < -0.3 is 14.6 Å². The van der Waals surface area contributed by atoms with Crippen LogP contribution in [0.3, 0.4) is 0 Å². The van der Waals surface area contributed by atoms with Crippen LogP contribution >= 0.6 is 0 Å². The van der Waals surface area contributed by atoms with Crippen molar-refractivity contribution in [2.75, 3.05) is 20.6 Å². The maximum atomic E-state index is 9.68. The number of phenolic OH excluding ortho intramolecular Hbond substituents is 1. The van der Waals surface area contributed by atoms with E-state index in [0.29, 0.717) is 5.75 Å². The molecule has 2 rings (SSSR count). The molecule has 0 amide bonds. The molecule has 0 fully saturated rings. The van der Waals surface area contributed by atoms with Crippen molar-refractivity contribution in [2.24, 2.45) is 0 Å². The zero-order chi connectivity index (χ0) is 11.5. The van der Waals surface area contributed by atoms with Gasteiger partial charge in [0.2, 0.25) is 0 Å². The molecule has 0 saturated carbocycles. The second-order valence-electron chi connectivity index (χ2n) is 4.38. The first-order chi connectivity index (χ1) is 7.68. The molecular formula is C13H18N2O. The van der Waals surface area contributed by atoms with Crippen LogP contribution in [0.4, 0.5) is 0 Å². The molecule has 0 aliphatic heterocycles. The van der Waals surface area contributed by atoms with Gasteiger partial charge in [-0.1, -0.05) is 6.07 Å². The molecular weight excluding hydrogens is 200 g/mol. The van der Waals surface area contributed by atoms with Crippen LogP contribution in [-0.4, -0.2) is 35.2 Å². The average Bonchev–Trinajstić information content (AvgIpc) is 2.63. The number of phenols is 1. The highest BCUT2D eigenvalue weighted by Crippen LogP contribution is 2.25. The zero-order valence-electron chi connectivity index (χ0n) is 9.85. The van der Waals surface area contributed by atoms with Crippen molar-refractivity contribution < 1.29 is 5.11 Å². The molecule has 0 radical (unpaired) electrons. The Bertz CT molecular complexity index is 474. The molecule has 1 N–H and O–H groups in total. The van der Waals surface area contributed by atoms with Crippen LogP contribution in [0.2, 0.25) is 0 Å². The van der Waals surface area contributed by atoms with Gasteiger partial charge in [0.15, 0.2) is 0 Å².